The van der Waals surface area contributed by atoms with E-state index in [9.17, 15) is 4.79 Å². The van der Waals surface area contributed by atoms with Gasteiger partial charge in [-0.15, -0.1) is 0 Å². The Bertz CT molecular complexity index is 545. The van der Waals surface area contributed by atoms with E-state index in [1.54, 1.807) is 7.11 Å². The molecule has 2 rings (SSSR count). The number of carbonyl (C=O) groups is 1. The van der Waals surface area contributed by atoms with Crippen molar-refractivity contribution in [3.63, 3.8) is 0 Å². The van der Waals surface area contributed by atoms with Gasteiger partial charge in [-0.05, 0) is 19.1 Å². The van der Waals surface area contributed by atoms with Crippen molar-refractivity contribution in [2.75, 3.05) is 14.2 Å². The summed E-state index contributed by atoms with van der Waals surface area (Å²) in [6, 6.07) is 0. The lowest BCUT2D eigenvalue weighted by Crippen LogP contribution is -2.40. The maximum Gasteiger partial charge on any atom is 0.211 e. The molecule has 0 bridgehead atoms. The number of ether oxygens (including phenoxy) is 1. The van der Waals surface area contributed by atoms with Crippen molar-refractivity contribution in [1.82, 2.24) is 19.8 Å². The molecule has 1 aliphatic heterocycles. The van der Waals surface area contributed by atoms with Gasteiger partial charge in [0.25, 0.3) is 0 Å². The Hall–Kier alpha value is -2.08. The van der Waals surface area contributed by atoms with E-state index in [4.69, 9.17) is 4.74 Å². The first-order chi connectivity index (χ1) is 9.10. The second-order valence-corrected chi connectivity index (χ2v) is 4.38. The third-order valence-corrected chi connectivity index (χ3v) is 3.35. The highest BCUT2D eigenvalue weighted by atomic mass is 16.5. The number of amides is 1. The molecule has 1 N–H and O–H groups in total. The molecule has 0 spiro atoms. The Balaban J connectivity index is 2.41. The molecule has 0 fully saturated rings. The molecule has 6 nitrogen and oxygen atoms in total. The predicted octanol–water partition coefficient (Wildman–Crippen LogP) is 0.617. The van der Waals surface area contributed by atoms with Gasteiger partial charge in [0, 0.05) is 21.2 Å². The number of allylic oxidation sites excluding steroid dienone is 2. The molecular weight excluding hydrogens is 244 g/mol. The summed E-state index contributed by atoms with van der Waals surface area (Å²) < 4.78 is 7.45. The van der Waals surface area contributed by atoms with Crippen LogP contribution in [0.3, 0.4) is 0 Å². The average molecular weight is 262 g/mol. The first kappa shape index (κ1) is 13.4. The molecule has 1 aliphatic rings. The lowest BCUT2D eigenvalue weighted by molar-refractivity contribution is -0.109. The largest absolute Gasteiger partial charge is 0.356 e. The van der Waals surface area contributed by atoms with Crippen LogP contribution in [0.4, 0.5) is 0 Å². The smallest absolute Gasteiger partial charge is 0.211 e. The van der Waals surface area contributed by atoms with Crippen LogP contribution in [-0.2, 0) is 16.6 Å². The number of methoxy groups -OCH3 is 1. The highest BCUT2D eigenvalue weighted by Crippen LogP contribution is 2.26. The van der Waals surface area contributed by atoms with E-state index in [0.717, 1.165) is 17.2 Å². The van der Waals surface area contributed by atoms with Crippen LogP contribution >= 0.6 is 0 Å². The lowest BCUT2D eigenvalue weighted by atomic mass is 10.1. The van der Waals surface area contributed by atoms with Gasteiger partial charge in [0.2, 0.25) is 6.41 Å². The molecular formula is C13H18N4O2. The summed E-state index contributed by atoms with van der Waals surface area (Å²) in [6.45, 7) is 1.95. The van der Waals surface area contributed by atoms with Gasteiger partial charge in [-0.2, -0.15) is 0 Å². The van der Waals surface area contributed by atoms with Crippen LogP contribution in [-0.4, -0.2) is 41.2 Å². The number of likely N-dealkylation sites (N-methyl/N-ethyl adjacent to an activating group) is 1. The predicted molar refractivity (Wildman–Crippen MR) is 71.8 cm³/mol. The maximum atomic E-state index is 10.6. The molecule has 0 aromatic carbocycles. The minimum Gasteiger partial charge on any atom is -0.356 e. The molecule has 0 saturated carbocycles. The zero-order chi connectivity index (χ0) is 14.0. The Labute approximate surface area is 112 Å². The molecule has 6 heteroatoms. The van der Waals surface area contributed by atoms with E-state index in [0.29, 0.717) is 12.1 Å². The lowest BCUT2D eigenvalue weighted by Gasteiger charge is -2.34. The van der Waals surface area contributed by atoms with E-state index in [1.165, 1.54) is 0 Å². The number of aromatic nitrogens is 2. The number of hydrogen-bond acceptors (Lipinski definition) is 4. The van der Waals surface area contributed by atoms with Gasteiger partial charge >= 0.3 is 0 Å². The molecule has 0 radical (unpaired) electrons. The first-order valence-electron chi connectivity index (χ1n) is 5.96. The summed E-state index contributed by atoms with van der Waals surface area (Å²) in [5, 5.41) is 2.65. The SMILES string of the molecule is COC1C(NC=O)=CC=C(c2cnc(C)n2C)N1C. The number of nitrogens with one attached hydrogen (secondary N) is 1. The number of hydrogen-bond donors (Lipinski definition) is 1. The van der Waals surface area contributed by atoms with Crippen molar-refractivity contribution >= 4 is 12.1 Å². The summed E-state index contributed by atoms with van der Waals surface area (Å²) in [5.41, 5.74) is 2.71. The van der Waals surface area contributed by atoms with E-state index in [2.05, 4.69) is 10.3 Å². The Kier molecular flexibility index (Phi) is 3.71. The first-order valence-corrected chi connectivity index (χ1v) is 5.96. The zero-order valence-electron chi connectivity index (χ0n) is 11.5. The van der Waals surface area contributed by atoms with Crippen LogP contribution in [0.5, 0.6) is 0 Å². The second-order valence-electron chi connectivity index (χ2n) is 4.38. The summed E-state index contributed by atoms with van der Waals surface area (Å²) in [7, 11) is 5.50. The molecule has 0 aliphatic carbocycles. The van der Waals surface area contributed by atoms with Crippen LogP contribution in [0.15, 0.2) is 24.0 Å². The van der Waals surface area contributed by atoms with Crippen molar-refractivity contribution < 1.29 is 9.53 Å². The van der Waals surface area contributed by atoms with Crippen molar-refractivity contribution in [3.8, 4) is 0 Å². The molecule has 102 valence electrons. The van der Waals surface area contributed by atoms with Crippen molar-refractivity contribution in [2.45, 2.75) is 13.2 Å². The molecule has 1 unspecified atom stereocenters. The van der Waals surface area contributed by atoms with Crippen molar-refractivity contribution in [3.05, 3.63) is 35.6 Å². The fourth-order valence-corrected chi connectivity index (χ4v) is 2.18. The van der Waals surface area contributed by atoms with Crippen LogP contribution in [0, 0.1) is 6.92 Å². The molecule has 1 aromatic rings. The van der Waals surface area contributed by atoms with Gasteiger partial charge in [0.1, 0.15) is 5.82 Å². The van der Waals surface area contributed by atoms with Crippen LogP contribution in [0.2, 0.25) is 0 Å². The monoisotopic (exact) mass is 262 g/mol. The molecule has 1 amide bonds. The normalized spacial score (nSPS) is 18.9. The van der Waals surface area contributed by atoms with E-state index in [-0.39, 0.29) is 6.23 Å². The Morgan fingerprint density at radius 1 is 1.42 bits per heavy atom. The maximum absolute atomic E-state index is 10.6. The minimum atomic E-state index is -0.319. The summed E-state index contributed by atoms with van der Waals surface area (Å²) >= 11 is 0. The number of rotatable bonds is 4. The van der Waals surface area contributed by atoms with Gasteiger partial charge < -0.3 is 19.5 Å². The number of carbonyl (C=O) groups excluding carboxylic acids is 1. The third kappa shape index (κ3) is 2.26. The minimum absolute atomic E-state index is 0.319. The highest BCUT2D eigenvalue weighted by molar-refractivity contribution is 5.66. The van der Waals surface area contributed by atoms with Gasteiger partial charge in [-0.25, -0.2) is 4.98 Å². The van der Waals surface area contributed by atoms with E-state index < -0.39 is 0 Å². The van der Waals surface area contributed by atoms with Crippen LogP contribution in [0.25, 0.3) is 5.70 Å². The molecule has 1 aromatic heterocycles. The van der Waals surface area contributed by atoms with E-state index in [1.807, 2.05) is 48.8 Å². The molecule has 19 heavy (non-hydrogen) atoms. The summed E-state index contributed by atoms with van der Waals surface area (Å²) in [6.07, 6.45) is 5.95. The fraction of sp³-hybridized carbons (Fsp3) is 0.385. The van der Waals surface area contributed by atoms with E-state index >= 15 is 0 Å². The standard InChI is InChI=1S/C13H18N4O2/c1-9-14-7-12(16(9)2)11-6-5-10(15-8-18)13(19-4)17(11)3/h5-8,13H,1-4H3,(H,15,18). The van der Waals surface area contributed by atoms with Gasteiger partial charge in [0.15, 0.2) is 6.23 Å². The van der Waals surface area contributed by atoms with Crippen molar-refractivity contribution in [1.29, 1.82) is 0 Å². The Morgan fingerprint density at radius 3 is 2.68 bits per heavy atom. The van der Waals surface area contributed by atoms with Gasteiger partial charge in [-0.1, -0.05) is 0 Å². The van der Waals surface area contributed by atoms with Gasteiger partial charge in [-0.3, -0.25) is 4.79 Å². The number of aryl methyl sites for hydroxylation is 1. The van der Waals surface area contributed by atoms with Crippen LogP contribution < -0.4 is 5.32 Å². The zero-order valence-corrected chi connectivity index (χ0v) is 11.5. The second kappa shape index (κ2) is 5.27. The highest BCUT2D eigenvalue weighted by Gasteiger charge is 2.26. The average Bonchev–Trinajstić information content (AvgIpc) is 2.71. The Morgan fingerprint density at radius 2 is 2.16 bits per heavy atom. The van der Waals surface area contributed by atoms with Crippen LogP contribution in [0.1, 0.15) is 11.5 Å². The summed E-state index contributed by atoms with van der Waals surface area (Å²) in [4.78, 5) is 16.8. The third-order valence-electron chi connectivity index (χ3n) is 3.35. The molecule has 1 atom stereocenters. The fourth-order valence-electron chi connectivity index (χ4n) is 2.18. The molecule has 2 heterocycles. The summed E-state index contributed by atoms with van der Waals surface area (Å²) in [5.74, 6) is 0.944. The quantitative estimate of drug-likeness (QED) is 0.808. The number of imidazole rings is 1. The topological polar surface area (TPSA) is 59.4 Å². The molecule has 0 saturated heterocycles. The van der Waals surface area contributed by atoms with Crippen molar-refractivity contribution in [2.24, 2.45) is 7.05 Å². The number of nitrogens with zero attached hydrogens (tertiary/aromatic N) is 3. The van der Waals surface area contributed by atoms with Gasteiger partial charge in [0.05, 0.1) is 23.3 Å².